The van der Waals surface area contributed by atoms with E-state index in [1.807, 2.05) is 4.90 Å². The molecule has 1 unspecified atom stereocenters. The molecule has 296 valence electrons. The van der Waals surface area contributed by atoms with Crippen molar-refractivity contribution in [1.82, 2.24) is 30.2 Å². The van der Waals surface area contributed by atoms with Crippen LogP contribution >= 0.6 is 0 Å². The Morgan fingerprint density at radius 1 is 0.714 bits per heavy atom. The molecule has 12 heteroatoms. The van der Waals surface area contributed by atoms with Gasteiger partial charge >= 0.3 is 6.09 Å². The molecule has 5 heterocycles. The summed E-state index contributed by atoms with van der Waals surface area (Å²) in [6.45, 7) is 4.75. The van der Waals surface area contributed by atoms with Gasteiger partial charge in [-0.2, -0.15) is 0 Å². The van der Waals surface area contributed by atoms with Crippen LogP contribution in [0.15, 0.2) is 48.5 Å². The van der Waals surface area contributed by atoms with Crippen molar-refractivity contribution in [2.75, 3.05) is 26.9 Å². The molecule has 0 radical (unpaired) electrons. The lowest BCUT2D eigenvalue weighted by Gasteiger charge is -2.28. The lowest BCUT2D eigenvalue weighted by atomic mass is 9.84. The van der Waals surface area contributed by atoms with Crippen LogP contribution in [0.2, 0.25) is 0 Å². The Morgan fingerprint density at radius 2 is 1.29 bits per heavy atom. The Balaban J connectivity index is 1.02. The number of rotatable bonds is 4. The number of aromatic nitrogens is 4. The fraction of sp³-hybridized carbons (Fsp3) is 0.523. The number of alkyl carbamates (subject to hydrolysis) is 1. The maximum Gasteiger partial charge on any atom is 0.407 e. The Hall–Kier alpha value is -4.81. The third-order valence-electron chi connectivity index (χ3n) is 12.3. The summed E-state index contributed by atoms with van der Waals surface area (Å²) in [7, 11) is 1.31. The first-order chi connectivity index (χ1) is 27.4. The van der Waals surface area contributed by atoms with Gasteiger partial charge in [0.15, 0.2) is 0 Å². The number of methoxy groups -OCH3 is 1. The van der Waals surface area contributed by atoms with E-state index in [1.165, 1.54) is 7.11 Å². The van der Waals surface area contributed by atoms with Gasteiger partial charge in [0.25, 0.3) is 0 Å². The molecule has 3 aliphatic heterocycles. The molecule has 2 aromatic heterocycles. The van der Waals surface area contributed by atoms with Crippen molar-refractivity contribution in [3.63, 3.8) is 0 Å². The number of Topliss-reactive ketones (excluding diaryl/α,β-unsaturated/α-hetero) is 1. The number of hydrogen-bond donors (Lipinski definition) is 3. The molecule has 8 rings (SSSR count). The molecule has 4 aromatic rings. The summed E-state index contributed by atoms with van der Waals surface area (Å²) in [5.41, 5.74) is 7.73. The van der Waals surface area contributed by atoms with Crippen LogP contribution in [-0.4, -0.2) is 75.5 Å². The van der Waals surface area contributed by atoms with Crippen molar-refractivity contribution in [3.8, 4) is 33.6 Å². The molecule has 12 nitrogen and oxygen atoms in total. The van der Waals surface area contributed by atoms with Crippen LogP contribution in [-0.2, 0) is 37.0 Å². The summed E-state index contributed by atoms with van der Waals surface area (Å²) in [4.78, 5) is 58.6. The van der Waals surface area contributed by atoms with Gasteiger partial charge < -0.3 is 34.4 Å². The molecule has 2 aromatic carbocycles. The molecular weight excluding hydrogens is 709 g/mol. The van der Waals surface area contributed by atoms with Crippen LogP contribution in [0.3, 0.4) is 0 Å². The zero-order valence-electron chi connectivity index (χ0n) is 32.6. The SMILES string of the molecule is COC(=O)N[C@H]1CCCCOCc2[nH]c(nc2-c2ccc(-c3ccc(-c4nc5[nH]c4COCCCC[C@H](C)C(=O)C4CCC[C@@H]54)cc3)cc2)[C@@H]2CCCN2C1=O. The highest BCUT2D eigenvalue weighted by atomic mass is 16.5. The molecule has 0 spiro atoms. The number of nitrogens with one attached hydrogen (secondary N) is 3. The summed E-state index contributed by atoms with van der Waals surface area (Å²) >= 11 is 0. The number of fused-ring (bicyclic) bond motifs is 8. The standard InChI is InChI=1S/C44H54N6O6/c1-27-9-3-5-23-55-25-35-38(48-41(45-35)33-11-7-10-32(33)40(27)51)30-18-14-28(15-19-30)29-16-20-31(21-17-29)39-36-26-56-24-6-4-12-34(47-44(53)54-2)43(52)50-22-8-13-37(50)42(46-36)49-39/h14-21,27,32-34,37H,3-13,22-26H2,1-2H3,(H,45,48)(H,46,49)(H,47,53)/t27-,32?,33+,34-,37-/m0/s1. The third-order valence-corrected chi connectivity index (χ3v) is 12.3. The van der Waals surface area contributed by atoms with E-state index >= 15 is 0 Å². The summed E-state index contributed by atoms with van der Waals surface area (Å²) in [5, 5.41) is 2.76. The predicted molar refractivity (Wildman–Crippen MR) is 211 cm³/mol. The molecule has 56 heavy (non-hydrogen) atoms. The first-order valence-electron chi connectivity index (χ1n) is 20.6. The average molecular weight is 763 g/mol. The fourth-order valence-electron chi connectivity index (χ4n) is 9.19. The minimum absolute atomic E-state index is 0.0340. The van der Waals surface area contributed by atoms with Gasteiger partial charge in [-0.15, -0.1) is 0 Å². The van der Waals surface area contributed by atoms with E-state index in [0.717, 1.165) is 121 Å². The predicted octanol–water partition coefficient (Wildman–Crippen LogP) is 8.01. The molecule has 4 aliphatic rings. The van der Waals surface area contributed by atoms with Crippen molar-refractivity contribution in [1.29, 1.82) is 0 Å². The van der Waals surface area contributed by atoms with Gasteiger partial charge in [0, 0.05) is 48.6 Å². The Bertz CT molecular complexity index is 2000. The Morgan fingerprint density at radius 3 is 1.93 bits per heavy atom. The normalized spacial score (nSPS) is 25.0. The highest BCUT2D eigenvalue weighted by molar-refractivity contribution is 5.86. The lowest BCUT2D eigenvalue weighted by Crippen LogP contribution is -2.48. The number of hydrogen-bond acceptors (Lipinski definition) is 8. The molecule has 1 saturated heterocycles. The average Bonchev–Trinajstić information content (AvgIpc) is 4.05. The summed E-state index contributed by atoms with van der Waals surface area (Å²) in [6, 6.07) is 16.1. The van der Waals surface area contributed by atoms with Crippen LogP contribution in [0.4, 0.5) is 4.79 Å². The van der Waals surface area contributed by atoms with E-state index in [1.54, 1.807) is 0 Å². The second-order valence-electron chi connectivity index (χ2n) is 16.0. The maximum absolute atomic E-state index is 13.8. The molecule has 5 atom stereocenters. The third kappa shape index (κ3) is 8.04. The molecule has 2 fully saturated rings. The molecule has 4 bridgehead atoms. The quantitative estimate of drug-likeness (QED) is 0.189. The molecule has 3 N–H and O–H groups in total. The number of ether oxygens (including phenoxy) is 3. The number of carbonyl (C=O) groups excluding carboxylic acids is 3. The summed E-state index contributed by atoms with van der Waals surface area (Å²) in [5.74, 6) is 2.18. The Labute approximate surface area is 328 Å². The maximum atomic E-state index is 13.8. The second-order valence-corrected chi connectivity index (χ2v) is 16.0. The van der Waals surface area contributed by atoms with E-state index in [2.05, 4.69) is 70.7 Å². The number of imidazole rings is 2. The minimum atomic E-state index is -0.661. The van der Waals surface area contributed by atoms with E-state index < -0.39 is 12.1 Å². The monoisotopic (exact) mass is 762 g/mol. The van der Waals surface area contributed by atoms with Gasteiger partial charge in [0.1, 0.15) is 23.5 Å². The molecule has 2 amide bonds. The zero-order chi connectivity index (χ0) is 38.6. The Kier molecular flexibility index (Phi) is 11.7. The van der Waals surface area contributed by atoms with Crippen molar-refractivity contribution in [2.45, 2.75) is 109 Å². The fourth-order valence-corrected chi connectivity index (χ4v) is 9.19. The number of ketones is 1. The first kappa shape index (κ1) is 38.1. The van der Waals surface area contributed by atoms with Gasteiger partial charge in [-0.05, 0) is 68.9 Å². The van der Waals surface area contributed by atoms with E-state index in [9.17, 15) is 14.4 Å². The van der Waals surface area contributed by atoms with Gasteiger partial charge in [-0.25, -0.2) is 14.8 Å². The van der Waals surface area contributed by atoms with Gasteiger partial charge in [-0.1, -0.05) is 68.3 Å². The second kappa shape index (κ2) is 17.1. The van der Waals surface area contributed by atoms with E-state index in [-0.39, 0.29) is 29.7 Å². The zero-order valence-corrected chi connectivity index (χ0v) is 32.6. The number of carbonyl (C=O) groups is 3. The van der Waals surface area contributed by atoms with E-state index in [4.69, 9.17) is 24.2 Å². The van der Waals surface area contributed by atoms with Crippen LogP contribution in [0.25, 0.3) is 33.6 Å². The topological polar surface area (TPSA) is 152 Å². The number of benzene rings is 2. The number of nitrogens with zero attached hydrogens (tertiary/aromatic N) is 3. The van der Waals surface area contributed by atoms with Crippen LogP contribution in [0.5, 0.6) is 0 Å². The van der Waals surface area contributed by atoms with Crippen LogP contribution in [0.1, 0.15) is 113 Å². The van der Waals surface area contributed by atoms with Crippen molar-refractivity contribution < 1.29 is 28.6 Å². The largest absolute Gasteiger partial charge is 0.453 e. The van der Waals surface area contributed by atoms with Crippen LogP contribution < -0.4 is 5.32 Å². The van der Waals surface area contributed by atoms with Crippen molar-refractivity contribution in [3.05, 3.63) is 71.6 Å². The first-order valence-corrected chi connectivity index (χ1v) is 20.6. The number of H-pyrrole nitrogens is 2. The molecular formula is C44H54N6O6. The van der Waals surface area contributed by atoms with Crippen molar-refractivity contribution >= 4 is 17.8 Å². The van der Waals surface area contributed by atoms with Gasteiger partial charge in [-0.3, -0.25) is 9.59 Å². The van der Waals surface area contributed by atoms with Crippen molar-refractivity contribution in [2.24, 2.45) is 11.8 Å². The summed E-state index contributed by atoms with van der Waals surface area (Å²) < 4.78 is 17.1. The van der Waals surface area contributed by atoms with E-state index in [0.29, 0.717) is 45.2 Å². The smallest absolute Gasteiger partial charge is 0.407 e. The van der Waals surface area contributed by atoms with Gasteiger partial charge in [0.2, 0.25) is 5.91 Å². The highest BCUT2D eigenvalue weighted by Crippen LogP contribution is 2.42. The van der Waals surface area contributed by atoms with Crippen LogP contribution in [0, 0.1) is 11.8 Å². The summed E-state index contributed by atoms with van der Waals surface area (Å²) in [6.07, 6.45) is 8.91. The lowest BCUT2D eigenvalue weighted by molar-refractivity contribution is -0.134. The highest BCUT2D eigenvalue weighted by Gasteiger charge is 2.39. The molecule has 1 aliphatic carbocycles. The van der Waals surface area contributed by atoms with Gasteiger partial charge in [0.05, 0.1) is 49.1 Å². The molecule has 1 saturated carbocycles. The minimum Gasteiger partial charge on any atom is -0.453 e. The number of amides is 2. The number of aromatic amines is 2.